The summed E-state index contributed by atoms with van der Waals surface area (Å²) >= 11 is 0. The number of aromatic nitrogens is 2. The summed E-state index contributed by atoms with van der Waals surface area (Å²) in [4.78, 5) is 12.3. The second-order valence-electron chi connectivity index (χ2n) is 6.49. The van der Waals surface area contributed by atoms with Crippen molar-refractivity contribution in [3.8, 4) is 0 Å². The van der Waals surface area contributed by atoms with Crippen molar-refractivity contribution in [2.45, 2.75) is 37.8 Å². The number of carbonyl (C=O) groups excluding carboxylic acids is 1. The Hall–Kier alpha value is -1.36. The van der Waals surface area contributed by atoms with E-state index in [0.29, 0.717) is 12.5 Å². The molecule has 2 aliphatic carbocycles. The van der Waals surface area contributed by atoms with Crippen molar-refractivity contribution in [1.29, 1.82) is 0 Å². The minimum atomic E-state index is -0.0363. The molecule has 2 heterocycles. The van der Waals surface area contributed by atoms with Crippen LogP contribution in [0.25, 0.3) is 0 Å². The standard InChI is InChI=1S/C15H21N3O2/c1-18-8-10(7-16-18)14-13(4-5-20-14)17-15(19)12-6-11(12)9-2-3-9/h7-9,11-14H,2-6H2,1H3,(H,17,19)/t11-,12-,13-,14+/m0/s1. The highest BCUT2D eigenvalue weighted by atomic mass is 16.5. The molecule has 20 heavy (non-hydrogen) atoms. The number of aryl methyl sites for hydroxylation is 1. The van der Waals surface area contributed by atoms with Gasteiger partial charge in [-0.25, -0.2) is 0 Å². The minimum Gasteiger partial charge on any atom is -0.371 e. The fourth-order valence-corrected chi connectivity index (χ4v) is 3.50. The lowest BCUT2D eigenvalue weighted by atomic mass is 10.0. The van der Waals surface area contributed by atoms with Crippen LogP contribution >= 0.6 is 0 Å². The highest BCUT2D eigenvalue weighted by Crippen LogP contribution is 2.54. The zero-order chi connectivity index (χ0) is 13.7. The van der Waals surface area contributed by atoms with Crippen LogP contribution in [-0.2, 0) is 16.6 Å². The van der Waals surface area contributed by atoms with Crippen LogP contribution in [-0.4, -0.2) is 28.3 Å². The molecule has 3 aliphatic rings. The van der Waals surface area contributed by atoms with Gasteiger partial charge in [0.1, 0.15) is 6.10 Å². The van der Waals surface area contributed by atoms with E-state index in [1.807, 2.05) is 19.4 Å². The third-order valence-electron chi connectivity index (χ3n) is 4.88. The lowest BCUT2D eigenvalue weighted by molar-refractivity contribution is -0.123. The second-order valence-corrected chi connectivity index (χ2v) is 6.49. The maximum Gasteiger partial charge on any atom is 0.223 e. The first-order valence-corrected chi connectivity index (χ1v) is 7.63. The van der Waals surface area contributed by atoms with Crippen molar-refractivity contribution >= 4 is 5.91 Å². The summed E-state index contributed by atoms with van der Waals surface area (Å²) in [6.07, 6.45) is 8.43. The summed E-state index contributed by atoms with van der Waals surface area (Å²) in [5.74, 6) is 2.04. The number of ether oxygens (including phenoxy) is 1. The van der Waals surface area contributed by atoms with E-state index in [2.05, 4.69) is 10.4 Å². The number of carbonyl (C=O) groups is 1. The van der Waals surface area contributed by atoms with Gasteiger partial charge in [0, 0.05) is 31.3 Å². The number of rotatable bonds is 4. The van der Waals surface area contributed by atoms with Crippen molar-refractivity contribution in [2.75, 3.05) is 6.61 Å². The quantitative estimate of drug-likeness (QED) is 0.904. The van der Waals surface area contributed by atoms with Crippen LogP contribution in [0.3, 0.4) is 0 Å². The summed E-state index contributed by atoms with van der Waals surface area (Å²) in [5, 5.41) is 7.40. The van der Waals surface area contributed by atoms with Gasteiger partial charge in [0.2, 0.25) is 5.91 Å². The number of amides is 1. The SMILES string of the molecule is Cn1cc([C@H]2OCC[C@@H]2NC(=O)[C@H]2C[C@H]2C2CC2)cn1. The Bertz CT molecular complexity index is 523. The van der Waals surface area contributed by atoms with Crippen molar-refractivity contribution in [1.82, 2.24) is 15.1 Å². The largest absolute Gasteiger partial charge is 0.371 e. The van der Waals surface area contributed by atoms with Crippen LogP contribution in [0.5, 0.6) is 0 Å². The van der Waals surface area contributed by atoms with Gasteiger partial charge in [-0.05, 0) is 37.5 Å². The maximum atomic E-state index is 12.3. The van der Waals surface area contributed by atoms with Gasteiger partial charge in [0.25, 0.3) is 0 Å². The zero-order valence-electron chi connectivity index (χ0n) is 11.8. The van der Waals surface area contributed by atoms with E-state index in [1.165, 1.54) is 12.8 Å². The Morgan fingerprint density at radius 3 is 3.00 bits per heavy atom. The van der Waals surface area contributed by atoms with Gasteiger partial charge in [0.15, 0.2) is 0 Å². The molecule has 1 saturated heterocycles. The van der Waals surface area contributed by atoms with Gasteiger partial charge in [0.05, 0.1) is 12.2 Å². The van der Waals surface area contributed by atoms with Crippen molar-refractivity contribution in [2.24, 2.45) is 24.8 Å². The first-order valence-electron chi connectivity index (χ1n) is 7.63. The average Bonchev–Trinajstić information content (AvgIpc) is 3.30. The maximum absolute atomic E-state index is 12.3. The van der Waals surface area contributed by atoms with E-state index in [1.54, 1.807) is 4.68 Å². The Balaban J connectivity index is 1.38. The Morgan fingerprint density at radius 1 is 1.45 bits per heavy atom. The Kier molecular flexibility index (Phi) is 2.84. The normalized spacial score (nSPS) is 36.0. The molecule has 5 heteroatoms. The molecule has 1 amide bonds. The van der Waals surface area contributed by atoms with E-state index in [-0.39, 0.29) is 24.0 Å². The summed E-state index contributed by atoms with van der Waals surface area (Å²) in [6, 6.07) is 0.104. The van der Waals surface area contributed by atoms with Crippen molar-refractivity contribution < 1.29 is 9.53 Å². The molecule has 1 aliphatic heterocycles. The van der Waals surface area contributed by atoms with Crippen LogP contribution in [0.2, 0.25) is 0 Å². The van der Waals surface area contributed by atoms with Gasteiger partial charge in [-0.2, -0.15) is 5.10 Å². The third-order valence-corrected chi connectivity index (χ3v) is 4.88. The molecule has 1 N–H and O–H groups in total. The van der Waals surface area contributed by atoms with Gasteiger partial charge in [-0.3, -0.25) is 9.48 Å². The molecule has 1 aromatic heterocycles. The molecule has 2 saturated carbocycles. The molecule has 4 atom stereocenters. The lowest BCUT2D eigenvalue weighted by Gasteiger charge is -2.18. The van der Waals surface area contributed by atoms with Gasteiger partial charge in [-0.1, -0.05) is 0 Å². The van der Waals surface area contributed by atoms with Crippen LogP contribution < -0.4 is 5.32 Å². The highest BCUT2D eigenvalue weighted by Gasteiger charge is 2.51. The predicted octanol–water partition coefficient (Wildman–Crippen LogP) is 1.41. The van der Waals surface area contributed by atoms with Crippen molar-refractivity contribution in [3.63, 3.8) is 0 Å². The van der Waals surface area contributed by atoms with E-state index in [4.69, 9.17) is 4.74 Å². The van der Waals surface area contributed by atoms with Gasteiger partial charge >= 0.3 is 0 Å². The minimum absolute atomic E-state index is 0.0363. The predicted molar refractivity (Wildman–Crippen MR) is 72.8 cm³/mol. The lowest BCUT2D eigenvalue weighted by Crippen LogP contribution is -2.38. The zero-order valence-corrected chi connectivity index (χ0v) is 11.8. The molecule has 0 unspecified atom stereocenters. The second kappa shape index (κ2) is 4.58. The molecule has 0 spiro atoms. The van der Waals surface area contributed by atoms with E-state index < -0.39 is 0 Å². The molecule has 4 rings (SSSR count). The van der Waals surface area contributed by atoms with Crippen LogP contribution in [0.15, 0.2) is 12.4 Å². The molecule has 108 valence electrons. The topological polar surface area (TPSA) is 56.1 Å². The monoisotopic (exact) mass is 275 g/mol. The van der Waals surface area contributed by atoms with E-state index >= 15 is 0 Å². The molecule has 0 radical (unpaired) electrons. The Morgan fingerprint density at radius 2 is 2.30 bits per heavy atom. The Labute approximate surface area is 118 Å². The molecule has 0 bridgehead atoms. The molecule has 3 fully saturated rings. The third kappa shape index (κ3) is 2.24. The molecular weight excluding hydrogens is 254 g/mol. The fraction of sp³-hybridized carbons (Fsp3) is 0.733. The molecule has 1 aromatic rings. The number of hydrogen-bond acceptors (Lipinski definition) is 3. The summed E-state index contributed by atoms with van der Waals surface area (Å²) < 4.78 is 7.56. The van der Waals surface area contributed by atoms with Crippen LogP contribution in [0.4, 0.5) is 0 Å². The molecule has 5 nitrogen and oxygen atoms in total. The first kappa shape index (κ1) is 12.4. The van der Waals surface area contributed by atoms with Crippen LogP contribution in [0, 0.1) is 17.8 Å². The number of hydrogen-bond donors (Lipinski definition) is 1. The number of nitrogens with zero attached hydrogens (tertiary/aromatic N) is 2. The smallest absolute Gasteiger partial charge is 0.223 e. The highest BCUT2D eigenvalue weighted by molar-refractivity contribution is 5.82. The van der Waals surface area contributed by atoms with Crippen LogP contribution in [0.1, 0.15) is 37.4 Å². The first-order chi connectivity index (χ1) is 9.72. The van der Waals surface area contributed by atoms with E-state index in [9.17, 15) is 4.79 Å². The summed E-state index contributed by atoms with van der Waals surface area (Å²) in [5.41, 5.74) is 1.06. The van der Waals surface area contributed by atoms with Gasteiger partial charge < -0.3 is 10.1 Å². The number of nitrogens with one attached hydrogen (secondary N) is 1. The van der Waals surface area contributed by atoms with E-state index in [0.717, 1.165) is 24.3 Å². The molecular formula is C15H21N3O2. The van der Waals surface area contributed by atoms with Crippen molar-refractivity contribution in [3.05, 3.63) is 18.0 Å². The average molecular weight is 275 g/mol. The fourth-order valence-electron chi connectivity index (χ4n) is 3.50. The van der Waals surface area contributed by atoms with Gasteiger partial charge in [-0.15, -0.1) is 0 Å². The summed E-state index contributed by atoms with van der Waals surface area (Å²) in [6.45, 7) is 0.710. The summed E-state index contributed by atoms with van der Waals surface area (Å²) in [7, 11) is 1.90. The molecule has 0 aromatic carbocycles.